The Hall–Kier alpha value is -4.24. The number of esters is 1. The van der Waals surface area contributed by atoms with Crippen molar-refractivity contribution in [3.63, 3.8) is 0 Å². The average molecular weight is 879 g/mol. The van der Waals surface area contributed by atoms with Crippen LogP contribution in [0.5, 0.6) is 11.6 Å². The molecule has 3 aliphatic heterocycles. The Balaban J connectivity index is 1.24. The Labute approximate surface area is 366 Å². The van der Waals surface area contributed by atoms with Gasteiger partial charge in [-0.2, -0.15) is 0 Å². The molecule has 2 aliphatic carbocycles. The molecule has 0 spiro atoms. The largest absolute Gasteiger partial charge is 0.497 e. The van der Waals surface area contributed by atoms with Crippen molar-refractivity contribution in [3.8, 4) is 11.6 Å². The maximum atomic E-state index is 15.1. The van der Waals surface area contributed by atoms with Gasteiger partial charge in [-0.15, -0.1) is 0 Å². The molecule has 2 saturated carbocycles. The van der Waals surface area contributed by atoms with Gasteiger partial charge in [0.2, 0.25) is 27.7 Å². The van der Waals surface area contributed by atoms with Crippen LogP contribution in [0.1, 0.15) is 113 Å². The number of anilines is 1. The average Bonchev–Trinajstić information content (AvgIpc) is 4.07. The van der Waals surface area contributed by atoms with E-state index in [1.807, 2.05) is 51.1 Å². The zero-order valence-corrected chi connectivity index (χ0v) is 38.7. The number of nitrogens with one attached hydrogen (secondary N) is 1. The number of pyridine rings is 1. The number of carbonyl (C=O) groups excluding carboxylic acids is 4. The van der Waals surface area contributed by atoms with Crippen molar-refractivity contribution in [1.82, 2.24) is 14.6 Å². The fourth-order valence-electron chi connectivity index (χ4n) is 9.83. The maximum absolute atomic E-state index is 15.1. The third kappa shape index (κ3) is 9.78. The van der Waals surface area contributed by atoms with E-state index in [0.717, 1.165) is 22.9 Å². The van der Waals surface area contributed by atoms with E-state index in [1.165, 1.54) is 0 Å². The summed E-state index contributed by atoms with van der Waals surface area (Å²) in [4.78, 5) is 66.2. The van der Waals surface area contributed by atoms with Gasteiger partial charge in [0.1, 0.15) is 17.5 Å². The molecule has 9 atom stereocenters. The number of amides is 2. The van der Waals surface area contributed by atoms with E-state index in [1.54, 1.807) is 45.9 Å². The number of benzene rings is 1. The molecule has 2 aromatic rings. The number of allylic oxidation sites excluding steroid dienone is 2. The first-order chi connectivity index (χ1) is 29.1. The number of methoxy groups -OCH3 is 1. The highest BCUT2D eigenvalue weighted by atomic mass is 32.2. The summed E-state index contributed by atoms with van der Waals surface area (Å²) in [5.41, 5.74) is -1.14. The number of sulfonamides is 1. The van der Waals surface area contributed by atoms with Crippen LogP contribution in [-0.4, -0.2) is 103 Å². The van der Waals surface area contributed by atoms with Gasteiger partial charge >= 0.3 is 5.97 Å². The van der Waals surface area contributed by atoms with Gasteiger partial charge in [-0.3, -0.25) is 23.9 Å². The molecule has 62 heavy (non-hydrogen) atoms. The van der Waals surface area contributed by atoms with Crippen molar-refractivity contribution in [2.24, 2.45) is 29.1 Å². The van der Waals surface area contributed by atoms with Gasteiger partial charge in [0.15, 0.2) is 5.78 Å². The first-order valence-corrected chi connectivity index (χ1v) is 23.9. The highest BCUT2D eigenvalue weighted by Crippen LogP contribution is 2.58. The molecule has 7 rings (SSSR count). The van der Waals surface area contributed by atoms with Crippen molar-refractivity contribution in [2.75, 3.05) is 31.6 Å². The summed E-state index contributed by atoms with van der Waals surface area (Å²) < 4.78 is 52.1. The smallest absolute Gasteiger partial charge is 0.307 e. The van der Waals surface area contributed by atoms with Gasteiger partial charge in [0, 0.05) is 36.7 Å². The third-order valence-electron chi connectivity index (χ3n) is 13.7. The van der Waals surface area contributed by atoms with Gasteiger partial charge in [-0.25, -0.2) is 13.4 Å². The van der Waals surface area contributed by atoms with Crippen LogP contribution >= 0.6 is 0 Å². The van der Waals surface area contributed by atoms with Crippen molar-refractivity contribution in [3.05, 3.63) is 36.5 Å². The molecule has 4 heterocycles. The van der Waals surface area contributed by atoms with E-state index in [9.17, 15) is 22.8 Å². The fourth-order valence-corrected chi connectivity index (χ4v) is 11.2. The highest BCUT2D eigenvalue weighted by Gasteiger charge is 2.63. The molecule has 0 bridgehead atoms. The molecule has 340 valence electrons. The SMILES string of the molecule is COc1ccc2c(O[C@@H]3C[C@H]4C(=O)C[C@]5(C(=O)NS(=O)(=O)C6(C)CC6)C[C@H]5/C=C\CC[C@@H](C)C[C@@H](C)[C@H](CC(=O)OC(C)(C)C)C(=O)N4C3)ncc(N3C[C@@H](C)O[C@@H](C)C3)c2c1. The molecule has 0 unspecified atom stereocenters. The summed E-state index contributed by atoms with van der Waals surface area (Å²) in [6.45, 7) is 16.6. The number of hydrogen-bond acceptors (Lipinski definition) is 12. The van der Waals surface area contributed by atoms with Crippen molar-refractivity contribution in [2.45, 2.75) is 148 Å². The van der Waals surface area contributed by atoms with Gasteiger partial charge < -0.3 is 28.7 Å². The number of morpholine rings is 1. The fraction of sp³-hybridized carbons (Fsp3) is 0.681. The summed E-state index contributed by atoms with van der Waals surface area (Å²) in [7, 11) is -2.36. The van der Waals surface area contributed by atoms with E-state index >= 15 is 4.79 Å². The van der Waals surface area contributed by atoms with Gasteiger partial charge in [-0.1, -0.05) is 26.0 Å². The number of hydrogen-bond donors (Lipinski definition) is 1. The molecule has 2 saturated heterocycles. The zero-order chi connectivity index (χ0) is 44.9. The van der Waals surface area contributed by atoms with E-state index in [4.69, 9.17) is 23.9 Å². The Bertz CT molecular complexity index is 2190. The van der Waals surface area contributed by atoms with Gasteiger partial charge in [-0.05, 0) is 116 Å². The predicted molar refractivity (Wildman–Crippen MR) is 235 cm³/mol. The van der Waals surface area contributed by atoms with Crippen LogP contribution < -0.4 is 19.1 Å². The second kappa shape index (κ2) is 17.4. The van der Waals surface area contributed by atoms with Crippen LogP contribution in [0.25, 0.3) is 10.8 Å². The van der Waals surface area contributed by atoms with Crippen LogP contribution in [0.2, 0.25) is 0 Å². The normalized spacial score (nSPS) is 32.1. The number of ketones is 1. The molecular weight excluding hydrogens is 813 g/mol. The summed E-state index contributed by atoms with van der Waals surface area (Å²) in [6, 6.07) is 4.69. The Morgan fingerprint density at radius 2 is 1.73 bits per heavy atom. The lowest BCUT2D eigenvalue weighted by Gasteiger charge is -2.37. The first-order valence-electron chi connectivity index (χ1n) is 22.4. The molecule has 4 fully saturated rings. The van der Waals surface area contributed by atoms with Crippen LogP contribution in [0.15, 0.2) is 36.5 Å². The molecule has 1 aromatic heterocycles. The Kier molecular flexibility index (Phi) is 12.8. The second-order valence-electron chi connectivity index (χ2n) is 20.2. The van der Waals surface area contributed by atoms with E-state index in [2.05, 4.69) is 16.5 Å². The Morgan fingerprint density at radius 1 is 1.02 bits per heavy atom. The van der Waals surface area contributed by atoms with Crippen LogP contribution in [-0.2, 0) is 38.7 Å². The maximum Gasteiger partial charge on any atom is 0.307 e. The minimum Gasteiger partial charge on any atom is -0.497 e. The lowest BCUT2D eigenvalue weighted by Crippen LogP contribution is -2.48. The Morgan fingerprint density at radius 3 is 2.39 bits per heavy atom. The number of nitrogens with zero attached hydrogens (tertiary/aromatic N) is 3. The molecule has 2 amide bonds. The topological polar surface area (TPSA) is 171 Å². The number of Topliss-reactive ketones (excluding diaryl/α,β-unsaturated/α-hetero) is 1. The van der Waals surface area contributed by atoms with Gasteiger partial charge in [0.25, 0.3) is 0 Å². The first kappa shape index (κ1) is 45.8. The van der Waals surface area contributed by atoms with E-state index < -0.39 is 55.7 Å². The number of ether oxygens (including phenoxy) is 4. The minimum atomic E-state index is -3.97. The van der Waals surface area contributed by atoms with Crippen molar-refractivity contribution in [1.29, 1.82) is 0 Å². The molecule has 1 aromatic carbocycles. The summed E-state index contributed by atoms with van der Waals surface area (Å²) >= 11 is 0. The quantitative estimate of drug-likeness (QED) is 0.214. The lowest BCUT2D eigenvalue weighted by atomic mass is 9.82. The lowest BCUT2D eigenvalue weighted by molar-refractivity contribution is -0.160. The zero-order valence-electron chi connectivity index (χ0n) is 37.9. The number of carbonyl (C=O) groups is 4. The number of fused-ring (bicyclic) bond motifs is 3. The van der Waals surface area contributed by atoms with Crippen molar-refractivity contribution < 1.29 is 46.5 Å². The van der Waals surface area contributed by atoms with Crippen LogP contribution in [0.3, 0.4) is 0 Å². The monoisotopic (exact) mass is 878 g/mol. The van der Waals surface area contributed by atoms with Crippen LogP contribution in [0.4, 0.5) is 5.69 Å². The standard InChI is InChI=1S/C47H66N4O10S/c1-28-12-10-11-13-32-22-47(32,44(55)49-62(56,57)46(8)16-17-46)23-40(52)38-20-34(27-51(38)43(54)36(29(2)18-28)21-41(53)61-45(5,6)7)60-42-35-15-14-33(58-9)19-37(35)39(24-48-42)50-25-30(3)59-31(4)26-50/h11,13-15,19,24,28-32,34,36,38H,10,12,16-18,20-23,25-27H2,1-9H3,(H,49,55)/b13-11-/t28-,29-,30-,31+,32-,34-,36+,38+,47-/m1/s1. The molecular formula is C47H66N4O10S. The molecule has 14 nitrogen and oxygen atoms in total. The van der Waals surface area contributed by atoms with E-state index in [-0.39, 0.29) is 67.5 Å². The second-order valence-corrected chi connectivity index (χ2v) is 22.4. The molecule has 5 aliphatic rings. The predicted octanol–water partition coefficient (Wildman–Crippen LogP) is 6.53. The summed E-state index contributed by atoms with van der Waals surface area (Å²) in [5.74, 6) is -2.04. The number of rotatable bonds is 9. The molecule has 15 heteroatoms. The summed E-state index contributed by atoms with van der Waals surface area (Å²) in [5, 5.41) is 1.60. The molecule has 1 N–H and O–H groups in total. The minimum absolute atomic E-state index is 0.0118. The third-order valence-corrected chi connectivity index (χ3v) is 15.8. The summed E-state index contributed by atoms with van der Waals surface area (Å²) in [6.07, 6.45) is 8.22. The van der Waals surface area contributed by atoms with E-state index in [0.29, 0.717) is 56.8 Å². The van der Waals surface area contributed by atoms with Crippen molar-refractivity contribution >= 4 is 50.1 Å². The van der Waals surface area contributed by atoms with Crippen LogP contribution in [0, 0.1) is 29.1 Å². The molecule has 0 radical (unpaired) electrons. The highest BCUT2D eigenvalue weighted by molar-refractivity contribution is 7.91. The van der Waals surface area contributed by atoms with Gasteiger partial charge in [0.05, 0.1) is 66.3 Å². The number of aromatic nitrogens is 1.